The number of hydrogen-bond acceptors (Lipinski definition) is 6. The van der Waals surface area contributed by atoms with Crippen LogP contribution in [0, 0.1) is 5.82 Å². The molecule has 1 unspecified atom stereocenters. The van der Waals surface area contributed by atoms with Crippen LogP contribution >= 0.6 is 0 Å². The second kappa shape index (κ2) is 13.1. The molecule has 0 heterocycles. The van der Waals surface area contributed by atoms with Crippen molar-refractivity contribution in [3.05, 3.63) is 137 Å². The highest BCUT2D eigenvalue weighted by atomic mass is 19.1. The average molecular weight is 527 g/mol. The summed E-state index contributed by atoms with van der Waals surface area (Å²) in [4.78, 5) is 38.9. The molecular weight excluding hydrogens is 499 g/mol. The molecule has 0 saturated carbocycles. The minimum Gasteiger partial charge on any atom is -0.457 e. The van der Waals surface area contributed by atoms with Crippen molar-refractivity contribution in [3.63, 3.8) is 0 Å². The molecule has 0 aliphatic carbocycles. The maximum atomic E-state index is 14.4. The Kier molecular flexibility index (Phi) is 9.16. The summed E-state index contributed by atoms with van der Waals surface area (Å²) in [5, 5.41) is 2.66. The van der Waals surface area contributed by atoms with Gasteiger partial charge in [-0.25, -0.2) is 14.0 Å². The third-order valence-corrected chi connectivity index (χ3v) is 5.93. The number of ether oxygens (including phenoxy) is 2. The molecule has 0 fully saturated rings. The van der Waals surface area contributed by atoms with E-state index in [1.807, 2.05) is 60.7 Å². The fourth-order valence-corrected chi connectivity index (χ4v) is 3.91. The first-order valence-corrected chi connectivity index (χ1v) is 12.3. The Morgan fingerprint density at radius 2 is 1.21 bits per heavy atom. The number of nitrogens with one attached hydrogen (secondary N) is 1. The van der Waals surface area contributed by atoms with Crippen LogP contribution in [0.3, 0.4) is 0 Å². The first-order chi connectivity index (χ1) is 18.9. The molecule has 0 bridgehead atoms. The molecule has 0 saturated heterocycles. The van der Waals surface area contributed by atoms with E-state index in [1.165, 1.54) is 36.4 Å². The van der Waals surface area contributed by atoms with Gasteiger partial charge in [-0.3, -0.25) is 4.79 Å². The highest BCUT2D eigenvalue weighted by Crippen LogP contribution is 2.23. The van der Waals surface area contributed by atoms with Gasteiger partial charge in [0.05, 0.1) is 17.0 Å². The number of halogens is 1. The van der Waals surface area contributed by atoms with Gasteiger partial charge in [0.2, 0.25) is 5.91 Å². The molecule has 1 amide bonds. The van der Waals surface area contributed by atoms with Gasteiger partial charge in [-0.05, 0) is 35.4 Å². The van der Waals surface area contributed by atoms with Crippen LogP contribution < -0.4 is 11.1 Å². The summed E-state index contributed by atoms with van der Waals surface area (Å²) < 4.78 is 25.2. The summed E-state index contributed by atoms with van der Waals surface area (Å²) in [5.41, 5.74) is 7.71. The Balaban J connectivity index is 1.57. The van der Waals surface area contributed by atoms with E-state index in [9.17, 15) is 18.8 Å². The Labute approximate surface area is 225 Å². The van der Waals surface area contributed by atoms with Gasteiger partial charge < -0.3 is 20.5 Å². The zero-order valence-corrected chi connectivity index (χ0v) is 21.0. The molecule has 0 spiro atoms. The van der Waals surface area contributed by atoms with E-state index >= 15 is 0 Å². The SMILES string of the molecule is NCC(C(=O)Nc1cc(C(=O)OCc2ccccc2)cc(C(=O)OCc2ccccc2)c1)c1ccccc1F. The monoisotopic (exact) mass is 526 g/mol. The third kappa shape index (κ3) is 7.37. The standard InChI is InChI=1S/C31H27FN2O5/c32-28-14-8-7-13-26(28)27(18-33)29(35)34-25-16-23(30(36)38-19-21-9-3-1-4-10-21)15-24(17-25)31(37)39-20-22-11-5-2-6-12-22/h1-17,27H,18-20,33H2,(H,34,35). The quantitative estimate of drug-likeness (QED) is 0.274. The molecule has 198 valence electrons. The predicted molar refractivity (Wildman–Crippen MR) is 144 cm³/mol. The second-order valence-electron chi connectivity index (χ2n) is 8.72. The summed E-state index contributed by atoms with van der Waals surface area (Å²) in [6, 6.07) is 28.2. The molecule has 0 radical (unpaired) electrons. The van der Waals surface area contributed by atoms with E-state index < -0.39 is 29.6 Å². The van der Waals surface area contributed by atoms with Crippen LogP contribution in [0.15, 0.2) is 103 Å². The van der Waals surface area contributed by atoms with E-state index in [1.54, 1.807) is 6.07 Å². The Morgan fingerprint density at radius 1 is 0.718 bits per heavy atom. The van der Waals surface area contributed by atoms with Crippen LogP contribution in [0.1, 0.15) is 43.3 Å². The molecule has 4 aromatic carbocycles. The second-order valence-corrected chi connectivity index (χ2v) is 8.72. The van der Waals surface area contributed by atoms with Gasteiger partial charge in [0.1, 0.15) is 19.0 Å². The number of esters is 2. The molecule has 0 aliphatic heterocycles. The molecule has 39 heavy (non-hydrogen) atoms. The number of anilines is 1. The van der Waals surface area contributed by atoms with Crippen LogP contribution in [-0.4, -0.2) is 24.4 Å². The van der Waals surface area contributed by atoms with Crippen molar-refractivity contribution in [2.45, 2.75) is 19.1 Å². The van der Waals surface area contributed by atoms with Gasteiger partial charge in [0.15, 0.2) is 0 Å². The molecular formula is C31H27FN2O5. The zero-order valence-electron chi connectivity index (χ0n) is 21.0. The number of carbonyl (C=O) groups excluding carboxylic acids is 3. The van der Waals surface area contributed by atoms with Gasteiger partial charge in [-0.2, -0.15) is 0 Å². The summed E-state index contributed by atoms with van der Waals surface area (Å²) >= 11 is 0. The topological polar surface area (TPSA) is 108 Å². The first-order valence-electron chi connectivity index (χ1n) is 12.3. The molecule has 4 aromatic rings. The third-order valence-electron chi connectivity index (χ3n) is 5.93. The van der Waals surface area contributed by atoms with Crippen LogP contribution in [0.2, 0.25) is 0 Å². The van der Waals surface area contributed by atoms with E-state index in [0.717, 1.165) is 11.1 Å². The lowest BCUT2D eigenvalue weighted by Gasteiger charge is -2.17. The normalized spacial score (nSPS) is 11.3. The predicted octanol–water partition coefficient (Wildman–Crippen LogP) is 5.22. The number of amides is 1. The van der Waals surface area contributed by atoms with Crippen LogP contribution in [0.25, 0.3) is 0 Å². The lowest BCUT2D eigenvalue weighted by molar-refractivity contribution is -0.117. The smallest absolute Gasteiger partial charge is 0.338 e. The summed E-state index contributed by atoms with van der Waals surface area (Å²) in [6.45, 7) is -0.114. The lowest BCUT2D eigenvalue weighted by atomic mass is 9.97. The van der Waals surface area contributed by atoms with Gasteiger partial charge >= 0.3 is 11.9 Å². The van der Waals surface area contributed by atoms with Crippen molar-refractivity contribution in [1.29, 1.82) is 0 Å². The Bertz CT molecular complexity index is 1370. The van der Waals surface area contributed by atoms with E-state index in [-0.39, 0.29) is 42.1 Å². The van der Waals surface area contributed by atoms with Crippen molar-refractivity contribution >= 4 is 23.5 Å². The maximum Gasteiger partial charge on any atom is 0.338 e. The van der Waals surface area contributed by atoms with Gasteiger partial charge in [0, 0.05) is 17.8 Å². The van der Waals surface area contributed by atoms with E-state index in [2.05, 4.69) is 5.32 Å². The number of rotatable bonds is 10. The average Bonchev–Trinajstić information content (AvgIpc) is 2.97. The molecule has 3 N–H and O–H groups in total. The van der Waals surface area contributed by atoms with Gasteiger partial charge in [-0.15, -0.1) is 0 Å². The fourth-order valence-electron chi connectivity index (χ4n) is 3.91. The minimum atomic E-state index is -0.992. The molecule has 0 aliphatic rings. The first kappa shape index (κ1) is 27.2. The van der Waals surface area contributed by atoms with E-state index in [4.69, 9.17) is 15.2 Å². The van der Waals surface area contributed by atoms with E-state index in [0.29, 0.717) is 0 Å². The Morgan fingerprint density at radius 3 is 1.69 bits per heavy atom. The maximum absolute atomic E-state index is 14.4. The van der Waals surface area contributed by atoms with Crippen LogP contribution in [-0.2, 0) is 27.5 Å². The highest BCUT2D eigenvalue weighted by Gasteiger charge is 2.23. The van der Waals surface area contributed by atoms with Gasteiger partial charge in [-0.1, -0.05) is 78.9 Å². The fraction of sp³-hybridized carbons (Fsp3) is 0.129. The molecule has 1 atom stereocenters. The van der Waals surface area contributed by atoms with Crippen LogP contribution in [0.4, 0.5) is 10.1 Å². The number of carbonyl (C=O) groups is 3. The molecule has 0 aromatic heterocycles. The summed E-state index contributed by atoms with van der Waals surface area (Å²) in [6.07, 6.45) is 0. The minimum absolute atomic E-state index is 0.0204. The van der Waals surface area contributed by atoms with Crippen molar-refractivity contribution in [2.75, 3.05) is 11.9 Å². The molecule has 4 rings (SSSR count). The molecule has 8 heteroatoms. The lowest BCUT2D eigenvalue weighted by Crippen LogP contribution is -2.28. The number of nitrogens with two attached hydrogens (primary N) is 1. The summed E-state index contributed by atoms with van der Waals surface area (Å²) in [7, 11) is 0. The van der Waals surface area contributed by atoms with Crippen molar-refractivity contribution in [3.8, 4) is 0 Å². The van der Waals surface area contributed by atoms with Gasteiger partial charge in [0.25, 0.3) is 0 Å². The summed E-state index contributed by atoms with van der Waals surface area (Å²) in [5.74, 6) is -3.55. The van der Waals surface area contributed by atoms with Crippen LogP contribution in [0.5, 0.6) is 0 Å². The Hall–Kier alpha value is -4.82. The van der Waals surface area contributed by atoms with Crippen molar-refractivity contribution in [1.82, 2.24) is 0 Å². The highest BCUT2D eigenvalue weighted by molar-refractivity contribution is 6.01. The molecule has 7 nitrogen and oxygen atoms in total. The zero-order chi connectivity index (χ0) is 27.6. The van der Waals surface area contributed by atoms with Crippen molar-refractivity contribution < 1.29 is 28.2 Å². The largest absolute Gasteiger partial charge is 0.457 e. The number of hydrogen-bond donors (Lipinski definition) is 2. The number of benzene rings is 4. The van der Waals surface area contributed by atoms with Crippen molar-refractivity contribution in [2.24, 2.45) is 5.73 Å².